The second-order valence-electron chi connectivity index (χ2n) is 9.32. The van der Waals surface area contributed by atoms with Gasteiger partial charge in [0.2, 0.25) is 5.91 Å². The summed E-state index contributed by atoms with van der Waals surface area (Å²) >= 11 is 0. The number of amides is 4. The molecule has 0 spiro atoms. The summed E-state index contributed by atoms with van der Waals surface area (Å²) in [5.41, 5.74) is 4.19. The second-order valence-corrected chi connectivity index (χ2v) is 9.32. The molecule has 0 radical (unpaired) electrons. The minimum Gasteiger partial charge on any atom is -0.493 e. The third kappa shape index (κ3) is 3.57. The normalized spacial score (nSPS) is 21.3. The predicted molar refractivity (Wildman–Crippen MR) is 125 cm³/mol. The highest BCUT2D eigenvalue weighted by Crippen LogP contribution is 2.34. The van der Waals surface area contributed by atoms with Gasteiger partial charge in [-0.1, -0.05) is 18.2 Å². The van der Waals surface area contributed by atoms with Crippen LogP contribution in [0.1, 0.15) is 41.2 Å². The lowest BCUT2D eigenvalue weighted by atomic mass is 9.89. The lowest BCUT2D eigenvalue weighted by molar-refractivity contribution is -0.139. The number of imide groups is 1. The van der Waals surface area contributed by atoms with E-state index in [0.717, 1.165) is 40.9 Å². The first-order chi connectivity index (χ1) is 16.3. The van der Waals surface area contributed by atoms with Gasteiger partial charge in [-0.25, -0.2) is 4.79 Å². The summed E-state index contributed by atoms with van der Waals surface area (Å²) in [7, 11) is 3.17. The summed E-state index contributed by atoms with van der Waals surface area (Å²) in [6, 6.07) is 9.27. The number of nitrogens with one attached hydrogen (secondary N) is 1. The van der Waals surface area contributed by atoms with E-state index in [1.54, 1.807) is 26.0 Å². The number of fused-ring (bicyclic) bond motifs is 2. The Morgan fingerprint density at radius 1 is 0.971 bits per heavy atom. The van der Waals surface area contributed by atoms with Gasteiger partial charge in [-0.2, -0.15) is 0 Å². The Hall–Kier alpha value is -3.55. The molecule has 1 atom stereocenters. The quantitative estimate of drug-likeness (QED) is 0.689. The van der Waals surface area contributed by atoms with Crippen LogP contribution < -0.4 is 14.8 Å². The molecule has 2 aromatic carbocycles. The smallest absolute Gasteiger partial charge is 0.325 e. The first kappa shape index (κ1) is 22.3. The van der Waals surface area contributed by atoms with E-state index >= 15 is 0 Å². The van der Waals surface area contributed by atoms with Gasteiger partial charge in [-0.15, -0.1) is 0 Å². The monoisotopic (exact) mass is 463 g/mol. The molecule has 5 rings (SSSR count). The van der Waals surface area contributed by atoms with Crippen LogP contribution in [0.25, 0.3) is 0 Å². The molecule has 178 valence electrons. The molecule has 1 saturated heterocycles. The van der Waals surface area contributed by atoms with Gasteiger partial charge in [-0.3, -0.25) is 14.5 Å². The van der Waals surface area contributed by atoms with Crippen LogP contribution >= 0.6 is 0 Å². The van der Waals surface area contributed by atoms with Crippen LogP contribution in [0.2, 0.25) is 0 Å². The van der Waals surface area contributed by atoms with Gasteiger partial charge < -0.3 is 19.7 Å². The Balaban J connectivity index is 1.31. The van der Waals surface area contributed by atoms with Crippen LogP contribution in [0.5, 0.6) is 11.5 Å². The fourth-order valence-corrected chi connectivity index (χ4v) is 5.25. The van der Waals surface area contributed by atoms with E-state index in [-0.39, 0.29) is 12.5 Å². The van der Waals surface area contributed by atoms with Crippen molar-refractivity contribution in [1.82, 2.24) is 15.1 Å². The number of urea groups is 1. The van der Waals surface area contributed by atoms with E-state index in [9.17, 15) is 14.4 Å². The fraction of sp³-hybridized carbons (Fsp3) is 0.423. The Morgan fingerprint density at radius 2 is 1.65 bits per heavy atom. The molecule has 0 aromatic heterocycles. The molecule has 0 saturated carbocycles. The third-order valence-corrected chi connectivity index (χ3v) is 7.31. The average Bonchev–Trinajstić information content (AvgIpc) is 3.40. The van der Waals surface area contributed by atoms with Crippen molar-refractivity contribution in [3.8, 4) is 11.5 Å². The lowest BCUT2D eigenvalue weighted by Gasteiger charge is -2.30. The largest absolute Gasteiger partial charge is 0.493 e. The van der Waals surface area contributed by atoms with Crippen molar-refractivity contribution >= 4 is 17.8 Å². The number of rotatable bonds is 5. The fourth-order valence-electron chi connectivity index (χ4n) is 5.25. The van der Waals surface area contributed by atoms with Crippen LogP contribution in [0.4, 0.5) is 4.79 Å². The summed E-state index contributed by atoms with van der Waals surface area (Å²) < 4.78 is 10.8. The van der Waals surface area contributed by atoms with Crippen molar-refractivity contribution in [2.75, 3.05) is 27.3 Å². The molecule has 2 aromatic rings. The summed E-state index contributed by atoms with van der Waals surface area (Å²) in [6.07, 6.45) is 3.80. The van der Waals surface area contributed by atoms with Crippen molar-refractivity contribution in [3.63, 3.8) is 0 Å². The number of hydrogen-bond donors (Lipinski definition) is 1. The van der Waals surface area contributed by atoms with E-state index in [2.05, 4.69) is 5.32 Å². The van der Waals surface area contributed by atoms with E-state index in [0.29, 0.717) is 31.0 Å². The van der Waals surface area contributed by atoms with E-state index in [1.165, 1.54) is 11.1 Å². The molecule has 0 bridgehead atoms. The Labute approximate surface area is 198 Å². The van der Waals surface area contributed by atoms with Gasteiger partial charge in [0, 0.05) is 13.1 Å². The van der Waals surface area contributed by atoms with Crippen molar-refractivity contribution in [2.45, 2.75) is 44.7 Å². The molecule has 34 heavy (non-hydrogen) atoms. The maximum absolute atomic E-state index is 13.4. The van der Waals surface area contributed by atoms with Crippen LogP contribution in [0, 0.1) is 0 Å². The minimum absolute atomic E-state index is 0.262. The molecule has 0 unspecified atom stereocenters. The highest BCUT2D eigenvalue weighted by molar-refractivity contribution is 6.09. The molecule has 3 aliphatic rings. The topological polar surface area (TPSA) is 88.2 Å². The lowest BCUT2D eigenvalue weighted by Crippen LogP contribution is -2.45. The van der Waals surface area contributed by atoms with Gasteiger partial charge in [0.1, 0.15) is 12.1 Å². The maximum Gasteiger partial charge on any atom is 0.325 e. The zero-order valence-corrected chi connectivity index (χ0v) is 19.8. The first-order valence-corrected chi connectivity index (χ1v) is 11.6. The molecule has 4 amide bonds. The van der Waals surface area contributed by atoms with E-state index in [1.807, 2.05) is 30.3 Å². The van der Waals surface area contributed by atoms with Crippen LogP contribution in [-0.2, 0) is 40.9 Å². The molecule has 1 N–H and O–H groups in total. The molecule has 8 heteroatoms. The number of hydrogen-bond acceptors (Lipinski definition) is 5. The maximum atomic E-state index is 13.4. The molecular formula is C26H29N3O5. The van der Waals surface area contributed by atoms with Gasteiger partial charge in [0.25, 0.3) is 5.91 Å². The van der Waals surface area contributed by atoms with Gasteiger partial charge in [0.05, 0.1) is 14.2 Å². The molecule has 8 nitrogen and oxygen atoms in total. The van der Waals surface area contributed by atoms with Crippen molar-refractivity contribution in [1.29, 1.82) is 0 Å². The summed E-state index contributed by atoms with van der Waals surface area (Å²) in [6.45, 7) is 2.33. The van der Waals surface area contributed by atoms with E-state index in [4.69, 9.17) is 9.47 Å². The number of carbonyl (C=O) groups excluding carboxylic acids is 3. The number of carbonyl (C=O) groups is 3. The summed E-state index contributed by atoms with van der Waals surface area (Å²) in [5.74, 6) is 0.607. The van der Waals surface area contributed by atoms with Crippen molar-refractivity contribution < 1.29 is 23.9 Å². The standard InChI is InChI=1S/C26H29N3O5/c1-26(20-8-7-16-5-4-6-17(16)11-20)24(31)29(25(32)27-26)15-23(30)28-10-9-18-12-21(33-2)22(34-3)13-19(18)14-28/h7-8,11-13H,4-6,9-10,14-15H2,1-3H3,(H,27,32)/t26-/m1/s1. The molecule has 2 aliphatic heterocycles. The first-order valence-electron chi connectivity index (χ1n) is 11.6. The van der Waals surface area contributed by atoms with Crippen LogP contribution in [-0.4, -0.2) is 55.0 Å². The van der Waals surface area contributed by atoms with Gasteiger partial charge >= 0.3 is 6.03 Å². The average molecular weight is 464 g/mol. The number of ether oxygens (including phenoxy) is 2. The molecule has 1 fully saturated rings. The van der Waals surface area contributed by atoms with Gasteiger partial charge in [-0.05, 0) is 72.6 Å². The molecule has 2 heterocycles. The highest BCUT2D eigenvalue weighted by Gasteiger charge is 2.50. The Morgan fingerprint density at radius 3 is 2.38 bits per heavy atom. The van der Waals surface area contributed by atoms with Crippen molar-refractivity contribution in [3.05, 3.63) is 58.1 Å². The van der Waals surface area contributed by atoms with Gasteiger partial charge in [0.15, 0.2) is 11.5 Å². The van der Waals surface area contributed by atoms with Crippen LogP contribution in [0.15, 0.2) is 30.3 Å². The Bertz CT molecular complexity index is 1190. The summed E-state index contributed by atoms with van der Waals surface area (Å²) in [4.78, 5) is 42.0. The summed E-state index contributed by atoms with van der Waals surface area (Å²) in [5, 5.41) is 2.83. The number of aryl methyl sites for hydroxylation is 2. The number of nitrogens with zero attached hydrogens (tertiary/aromatic N) is 2. The molecular weight excluding hydrogens is 434 g/mol. The Kier molecular flexibility index (Phi) is 5.46. The highest BCUT2D eigenvalue weighted by atomic mass is 16.5. The zero-order chi connectivity index (χ0) is 24.0. The minimum atomic E-state index is -1.17. The third-order valence-electron chi connectivity index (χ3n) is 7.31. The number of benzene rings is 2. The van der Waals surface area contributed by atoms with E-state index < -0.39 is 17.5 Å². The molecule has 1 aliphatic carbocycles. The second kappa shape index (κ2) is 8.34. The number of methoxy groups -OCH3 is 2. The SMILES string of the molecule is COc1cc2c(cc1OC)CN(C(=O)CN1C(=O)N[C@](C)(c3ccc4c(c3)CCC4)C1=O)CC2. The zero-order valence-electron chi connectivity index (χ0n) is 19.8. The van der Waals surface area contributed by atoms with Crippen molar-refractivity contribution in [2.24, 2.45) is 0 Å². The van der Waals surface area contributed by atoms with Crippen LogP contribution in [0.3, 0.4) is 0 Å². The predicted octanol–water partition coefficient (Wildman–Crippen LogP) is 2.54.